The van der Waals surface area contributed by atoms with E-state index in [1.807, 2.05) is 30.3 Å². The van der Waals surface area contributed by atoms with Crippen molar-refractivity contribution < 1.29 is 9.66 Å². The molecule has 0 radical (unpaired) electrons. The van der Waals surface area contributed by atoms with Gasteiger partial charge in [0.1, 0.15) is 12.8 Å². The molecule has 1 heterocycles. The van der Waals surface area contributed by atoms with Gasteiger partial charge < -0.3 is 4.74 Å². The van der Waals surface area contributed by atoms with Crippen LogP contribution >= 0.6 is 0 Å². The highest BCUT2D eigenvalue weighted by molar-refractivity contribution is 5.36. The monoisotopic (exact) mass is 244 g/mol. The average Bonchev–Trinajstić information content (AvgIpc) is 2.38. The lowest BCUT2D eigenvalue weighted by atomic mass is 10.2. The Balaban J connectivity index is 2.08. The molecule has 0 amide bonds. The standard InChI is InChI=1S/C13H12N2O3/c1-10-7-12(15(16)17)8-14-13(10)18-9-11-5-3-2-4-6-11/h2-8H,9H2,1H3. The molecule has 92 valence electrons. The van der Waals surface area contributed by atoms with E-state index in [1.165, 1.54) is 12.3 Å². The fraction of sp³-hybridized carbons (Fsp3) is 0.154. The summed E-state index contributed by atoms with van der Waals surface area (Å²) in [7, 11) is 0. The molecule has 0 atom stereocenters. The zero-order valence-electron chi connectivity index (χ0n) is 9.87. The Hall–Kier alpha value is -2.43. The van der Waals surface area contributed by atoms with Crippen molar-refractivity contribution in [2.45, 2.75) is 13.5 Å². The SMILES string of the molecule is Cc1cc([N+](=O)[O-])cnc1OCc1ccccc1. The van der Waals surface area contributed by atoms with E-state index >= 15 is 0 Å². The van der Waals surface area contributed by atoms with Gasteiger partial charge in [0.15, 0.2) is 0 Å². The summed E-state index contributed by atoms with van der Waals surface area (Å²) in [6, 6.07) is 11.1. The minimum atomic E-state index is -0.471. The smallest absolute Gasteiger partial charge is 0.288 e. The van der Waals surface area contributed by atoms with Crippen LogP contribution < -0.4 is 4.74 Å². The number of aryl methyl sites for hydroxylation is 1. The van der Waals surface area contributed by atoms with Crippen molar-refractivity contribution in [3.63, 3.8) is 0 Å². The molecule has 5 heteroatoms. The van der Waals surface area contributed by atoms with E-state index in [2.05, 4.69) is 4.98 Å². The fourth-order valence-electron chi connectivity index (χ4n) is 1.52. The van der Waals surface area contributed by atoms with Crippen molar-refractivity contribution in [2.75, 3.05) is 0 Å². The predicted octanol–water partition coefficient (Wildman–Crippen LogP) is 2.88. The van der Waals surface area contributed by atoms with Crippen LogP contribution in [0, 0.1) is 17.0 Å². The van der Waals surface area contributed by atoms with Gasteiger partial charge in [-0.3, -0.25) is 10.1 Å². The highest BCUT2D eigenvalue weighted by Crippen LogP contribution is 2.20. The predicted molar refractivity (Wildman–Crippen MR) is 66.4 cm³/mol. The van der Waals surface area contributed by atoms with Crippen LogP contribution in [0.3, 0.4) is 0 Å². The molecule has 0 N–H and O–H groups in total. The van der Waals surface area contributed by atoms with Crippen molar-refractivity contribution in [1.29, 1.82) is 0 Å². The molecule has 2 aromatic rings. The van der Waals surface area contributed by atoms with Gasteiger partial charge in [0.05, 0.1) is 4.92 Å². The van der Waals surface area contributed by atoms with Crippen LogP contribution in [0.4, 0.5) is 5.69 Å². The zero-order chi connectivity index (χ0) is 13.0. The number of hydrogen-bond donors (Lipinski definition) is 0. The molecule has 0 saturated carbocycles. The molecule has 0 unspecified atom stereocenters. The van der Waals surface area contributed by atoms with Crippen molar-refractivity contribution >= 4 is 5.69 Å². The number of aromatic nitrogens is 1. The maximum absolute atomic E-state index is 10.6. The molecule has 5 nitrogen and oxygen atoms in total. The third-order valence-electron chi connectivity index (χ3n) is 2.45. The van der Waals surface area contributed by atoms with Gasteiger partial charge in [-0.05, 0) is 12.5 Å². The van der Waals surface area contributed by atoms with Crippen LogP contribution in [-0.4, -0.2) is 9.91 Å². The van der Waals surface area contributed by atoms with E-state index in [-0.39, 0.29) is 5.69 Å². The molecule has 0 aliphatic heterocycles. The van der Waals surface area contributed by atoms with E-state index in [9.17, 15) is 10.1 Å². The number of rotatable bonds is 4. The molecule has 1 aromatic heterocycles. The largest absolute Gasteiger partial charge is 0.473 e. The molecule has 0 aliphatic carbocycles. The molecule has 0 saturated heterocycles. The summed E-state index contributed by atoms with van der Waals surface area (Å²) in [5, 5.41) is 10.6. The van der Waals surface area contributed by atoms with Crippen LogP contribution in [0.1, 0.15) is 11.1 Å². The summed E-state index contributed by atoms with van der Waals surface area (Å²) in [5.41, 5.74) is 1.65. The molecule has 0 bridgehead atoms. The number of nitro groups is 1. The molecule has 2 rings (SSSR count). The first kappa shape index (κ1) is 12.0. The van der Waals surface area contributed by atoms with Gasteiger partial charge in [-0.1, -0.05) is 30.3 Å². The van der Waals surface area contributed by atoms with Crippen LogP contribution in [0.15, 0.2) is 42.6 Å². The van der Waals surface area contributed by atoms with Crippen LogP contribution in [0.5, 0.6) is 5.88 Å². The molecular formula is C13H12N2O3. The lowest BCUT2D eigenvalue weighted by Gasteiger charge is -2.07. The van der Waals surface area contributed by atoms with Gasteiger partial charge >= 0.3 is 0 Å². The van der Waals surface area contributed by atoms with E-state index in [0.717, 1.165) is 5.56 Å². The summed E-state index contributed by atoms with van der Waals surface area (Å²) in [5.74, 6) is 0.421. The lowest BCUT2D eigenvalue weighted by Crippen LogP contribution is -2.00. The number of benzene rings is 1. The first-order chi connectivity index (χ1) is 8.66. The Bertz CT molecular complexity index is 555. The topological polar surface area (TPSA) is 65.3 Å². The van der Waals surface area contributed by atoms with Crippen molar-refractivity contribution in [3.8, 4) is 5.88 Å². The highest BCUT2D eigenvalue weighted by atomic mass is 16.6. The number of nitrogens with zero attached hydrogens (tertiary/aromatic N) is 2. The van der Waals surface area contributed by atoms with Gasteiger partial charge in [0, 0.05) is 11.6 Å². The van der Waals surface area contributed by atoms with Gasteiger partial charge in [-0.2, -0.15) is 0 Å². The molecule has 18 heavy (non-hydrogen) atoms. The maximum atomic E-state index is 10.6. The number of ether oxygens (including phenoxy) is 1. The normalized spacial score (nSPS) is 10.1. The van der Waals surface area contributed by atoms with Gasteiger partial charge in [0.2, 0.25) is 5.88 Å². The summed E-state index contributed by atoms with van der Waals surface area (Å²) >= 11 is 0. The molecule has 0 spiro atoms. The lowest BCUT2D eigenvalue weighted by molar-refractivity contribution is -0.385. The fourth-order valence-corrected chi connectivity index (χ4v) is 1.52. The Kier molecular flexibility index (Phi) is 3.52. The third kappa shape index (κ3) is 2.82. The Morgan fingerprint density at radius 3 is 2.67 bits per heavy atom. The average molecular weight is 244 g/mol. The second kappa shape index (κ2) is 5.27. The number of pyridine rings is 1. The van der Waals surface area contributed by atoms with Crippen LogP contribution in [-0.2, 0) is 6.61 Å². The quantitative estimate of drug-likeness (QED) is 0.612. The second-order valence-electron chi connectivity index (χ2n) is 3.85. The first-order valence-corrected chi connectivity index (χ1v) is 5.44. The molecular weight excluding hydrogens is 232 g/mol. The van der Waals surface area contributed by atoms with E-state index in [1.54, 1.807) is 6.92 Å². The minimum Gasteiger partial charge on any atom is -0.473 e. The van der Waals surface area contributed by atoms with Gasteiger partial charge in [-0.25, -0.2) is 4.98 Å². The summed E-state index contributed by atoms with van der Waals surface area (Å²) in [6.45, 7) is 2.13. The van der Waals surface area contributed by atoms with Crippen LogP contribution in [0.2, 0.25) is 0 Å². The molecule has 0 aliphatic rings. The van der Waals surface area contributed by atoms with Gasteiger partial charge in [-0.15, -0.1) is 0 Å². The van der Waals surface area contributed by atoms with Crippen molar-refractivity contribution in [1.82, 2.24) is 4.98 Å². The van der Waals surface area contributed by atoms with E-state index in [4.69, 9.17) is 4.74 Å². The minimum absolute atomic E-state index is 0.0282. The van der Waals surface area contributed by atoms with E-state index < -0.39 is 4.92 Å². The van der Waals surface area contributed by atoms with Crippen molar-refractivity contribution in [3.05, 3.63) is 63.8 Å². The Labute approximate surface area is 104 Å². The summed E-state index contributed by atoms with van der Waals surface area (Å²) in [6.07, 6.45) is 1.20. The van der Waals surface area contributed by atoms with Crippen molar-refractivity contribution in [2.24, 2.45) is 0 Å². The Morgan fingerprint density at radius 1 is 1.33 bits per heavy atom. The second-order valence-corrected chi connectivity index (χ2v) is 3.85. The summed E-state index contributed by atoms with van der Waals surface area (Å²) < 4.78 is 5.52. The third-order valence-corrected chi connectivity index (χ3v) is 2.45. The summed E-state index contributed by atoms with van der Waals surface area (Å²) in [4.78, 5) is 14.0. The maximum Gasteiger partial charge on any atom is 0.288 e. The number of hydrogen-bond acceptors (Lipinski definition) is 4. The van der Waals surface area contributed by atoms with Gasteiger partial charge in [0.25, 0.3) is 5.69 Å². The molecule has 0 fully saturated rings. The zero-order valence-corrected chi connectivity index (χ0v) is 9.87. The Morgan fingerprint density at radius 2 is 2.06 bits per heavy atom. The first-order valence-electron chi connectivity index (χ1n) is 5.44. The molecule has 1 aromatic carbocycles. The van der Waals surface area contributed by atoms with Crippen LogP contribution in [0.25, 0.3) is 0 Å². The van der Waals surface area contributed by atoms with E-state index in [0.29, 0.717) is 18.1 Å². The highest BCUT2D eigenvalue weighted by Gasteiger charge is 2.10.